The molecule has 0 aliphatic heterocycles. The molecule has 0 spiro atoms. The molecular formula is C16H30O. The first kappa shape index (κ1) is 14.7. The fourth-order valence-corrected chi connectivity index (χ4v) is 2.99. The van der Waals surface area contributed by atoms with Gasteiger partial charge in [0.1, 0.15) is 5.78 Å². The zero-order valence-corrected chi connectivity index (χ0v) is 11.7. The van der Waals surface area contributed by atoms with Crippen LogP contribution in [0.4, 0.5) is 0 Å². The molecule has 1 nitrogen and oxygen atoms in total. The molecule has 0 atom stereocenters. The molecule has 0 aromatic carbocycles. The maximum atomic E-state index is 10.8. The van der Waals surface area contributed by atoms with Crippen LogP contribution in [-0.2, 0) is 4.79 Å². The number of unbranched alkanes of at least 4 members (excludes halogenated alkanes) is 5. The Hall–Kier alpha value is -0.330. The molecule has 1 heteroatoms. The molecule has 0 N–H and O–H groups in total. The summed E-state index contributed by atoms with van der Waals surface area (Å²) < 4.78 is 0. The van der Waals surface area contributed by atoms with Gasteiger partial charge in [-0.25, -0.2) is 0 Å². The van der Waals surface area contributed by atoms with Crippen LogP contribution in [0.15, 0.2) is 0 Å². The molecule has 0 aromatic rings. The predicted octanol–water partition coefficient (Wildman–Crippen LogP) is 5.28. The van der Waals surface area contributed by atoms with Gasteiger partial charge in [0.25, 0.3) is 0 Å². The lowest BCUT2D eigenvalue weighted by atomic mass is 9.85. The van der Waals surface area contributed by atoms with E-state index in [1.54, 1.807) is 6.92 Å². The summed E-state index contributed by atoms with van der Waals surface area (Å²) in [5.74, 6) is 1.41. The largest absolute Gasteiger partial charge is 0.300 e. The van der Waals surface area contributed by atoms with Crippen LogP contribution < -0.4 is 0 Å². The lowest BCUT2D eigenvalue weighted by Gasteiger charge is -2.21. The standard InChI is InChI=1S/C16H30O/c1-15(17)11-7-4-2-3-5-8-12-16-13-9-6-10-14-16/h16H,2-14H2,1H3. The van der Waals surface area contributed by atoms with Crippen LogP contribution in [0.3, 0.4) is 0 Å². The zero-order valence-electron chi connectivity index (χ0n) is 11.7. The molecule has 17 heavy (non-hydrogen) atoms. The van der Waals surface area contributed by atoms with Gasteiger partial charge in [-0.15, -0.1) is 0 Å². The maximum absolute atomic E-state index is 10.8. The van der Waals surface area contributed by atoms with Crippen LogP contribution in [0.5, 0.6) is 0 Å². The van der Waals surface area contributed by atoms with E-state index < -0.39 is 0 Å². The minimum atomic E-state index is 0.349. The highest BCUT2D eigenvalue weighted by molar-refractivity contribution is 5.75. The second kappa shape index (κ2) is 9.67. The first-order valence-electron chi connectivity index (χ1n) is 7.78. The Morgan fingerprint density at radius 1 is 0.882 bits per heavy atom. The third-order valence-corrected chi connectivity index (χ3v) is 4.12. The maximum Gasteiger partial charge on any atom is 0.129 e. The molecule has 0 heterocycles. The summed E-state index contributed by atoms with van der Waals surface area (Å²) in [6.07, 6.45) is 17.6. The van der Waals surface area contributed by atoms with Crippen molar-refractivity contribution in [1.29, 1.82) is 0 Å². The number of carbonyl (C=O) groups excluding carboxylic acids is 1. The topological polar surface area (TPSA) is 17.1 Å². The molecule has 1 rings (SSSR count). The molecule has 1 fully saturated rings. The molecular weight excluding hydrogens is 208 g/mol. The highest BCUT2D eigenvalue weighted by Gasteiger charge is 2.12. The van der Waals surface area contributed by atoms with E-state index in [4.69, 9.17) is 0 Å². The quantitative estimate of drug-likeness (QED) is 0.500. The van der Waals surface area contributed by atoms with Gasteiger partial charge in [-0.3, -0.25) is 0 Å². The lowest BCUT2D eigenvalue weighted by Crippen LogP contribution is -2.05. The van der Waals surface area contributed by atoms with Crippen molar-refractivity contribution in [3.05, 3.63) is 0 Å². The van der Waals surface area contributed by atoms with Crippen molar-refractivity contribution in [3.63, 3.8) is 0 Å². The van der Waals surface area contributed by atoms with Crippen molar-refractivity contribution in [1.82, 2.24) is 0 Å². The summed E-state index contributed by atoms with van der Waals surface area (Å²) in [6, 6.07) is 0. The average Bonchev–Trinajstić information content (AvgIpc) is 2.33. The van der Waals surface area contributed by atoms with E-state index >= 15 is 0 Å². The third kappa shape index (κ3) is 8.40. The van der Waals surface area contributed by atoms with Gasteiger partial charge in [0.2, 0.25) is 0 Å². The minimum Gasteiger partial charge on any atom is -0.300 e. The summed E-state index contributed by atoms with van der Waals surface area (Å²) in [5.41, 5.74) is 0. The van der Waals surface area contributed by atoms with Gasteiger partial charge < -0.3 is 4.79 Å². The van der Waals surface area contributed by atoms with Crippen LogP contribution in [0.2, 0.25) is 0 Å². The highest BCUT2D eigenvalue weighted by atomic mass is 16.1. The smallest absolute Gasteiger partial charge is 0.129 e. The Bertz CT molecular complexity index is 192. The number of hydrogen-bond acceptors (Lipinski definition) is 1. The summed E-state index contributed by atoms with van der Waals surface area (Å²) in [7, 11) is 0. The van der Waals surface area contributed by atoms with Crippen LogP contribution in [0.25, 0.3) is 0 Å². The molecule has 1 saturated carbocycles. The average molecular weight is 238 g/mol. The van der Waals surface area contributed by atoms with Crippen molar-refractivity contribution >= 4 is 5.78 Å². The molecule has 0 unspecified atom stereocenters. The van der Waals surface area contributed by atoms with Crippen molar-refractivity contribution in [2.45, 2.75) is 90.4 Å². The normalized spacial score (nSPS) is 17.2. The fourth-order valence-electron chi connectivity index (χ4n) is 2.99. The second-order valence-electron chi connectivity index (χ2n) is 5.87. The Labute approximate surface area is 107 Å². The SMILES string of the molecule is CC(=O)CCCCCCCCC1CCCCC1. The second-order valence-corrected chi connectivity index (χ2v) is 5.87. The van der Waals surface area contributed by atoms with Crippen LogP contribution in [0.1, 0.15) is 90.4 Å². The fraction of sp³-hybridized carbons (Fsp3) is 0.938. The van der Waals surface area contributed by atoms with Crippen LogP contribution >= 0.6 is 0 Å². The van der Waals surface area contributed by atoms with E-state index in [0.717, 1.165) is 18.8 Å². The van der Waals surface area contributed by atoms with E-state index in [0.29, 0.717) is 5.78 Å². The first-order chi connectivity index (χ1) is 8.29. The van der Waals surface area contributed by atoms with Crippen molar-refractivity contribution in [3.8, 4) is 0 Å². The minimum absolute atomic E-state index is 0.349. The van der Waals surface area contributed by atoms with Gasteiger partial charge in [0.15, 0.2) is 0 Å². The lowest BCUT2D eigenvalue weighted by molar-refractivity contribution is -0.117. The molecule has 0 amide bonds. The van der Waals surface area contributed by atoms with Crippen LogP contribution in [-0.4, -0.2) is 5.78 Å². The van der Waals surface area contributed by atoms with E-state index in [9.17, 15) is 4.79 Å². The van der Waals surface area contributed by atoms with Gasteiger partial charge in [-0.1, -0.05) is 70.6 Å². The third-order valence-electron chi connectivity index (χ3n) is 4.12. The van der Waals surface area contributed by atoms with Gasteiger partial charge >= 0.3 is 0 Å². The van der Waals surface area contributed by atoms with E-state index in [1.807, 2.05) is 0 Å². The van der Waals surface area contributed by atoms with Gasteiger partial charge in [-0.2, -0.15) is 0 Å². The van der Waals surface area contributed by atoms with Crippen molar-refractivity contribution < 1.29 is 4.79 Å². The Balaban J connectivity index is 1.79. The number of ketones is 1. The summed E-state index contributed by atoms with van der Waals surface area (Å²) >= 11 is 0. The predicted molar refractivity (Wildman–Crippen MR) is 74.2 cm³/mol. The number of rotatable bonds is 9. The Morgan fingerprint density at radius 2 is 1.47 bits per heavy atom. The van der Waals surface area contributed by atoms with Crippen LogP contribution in [0, 0.1) is 5.92 Å². The van der Waals surface area contributed by atoms with Gasteiger partial charge in [-0.05, 0) is 19.3 Å². The number of hydrogen-bond donors (Lipinski definition) is 0. The summed E-state index contributed by atoms with van der Waals surface area (Å²) in [4.78, 5) is 10.8. The Morgan fingerprint density at radius 3 is 2.12 bits per heavy atom. The number of carbonyl (C=O) groups is 1. The van der Waals surface area contributed by atoms with E-state index in [1.165, 1.54) is 70.6 Å². The molecule has 100 valence electrons. The van der Waals surface area contributed by atoms with E-state index in [2.05, 4.69) is 0 Å². The molecule has 0 aromatic heterocycles. The zero-order chi connectivity index (χ0) is 12.3. The van der Waals surface area contributed by atoms with Gasteiger partial charge in [0.05, 0.1) is 0 Å². The Kier molecular flexibility index (Phi) is 8.38. The molecule has 0 bridgehead atoms. The van der Waals surface area contributed by atoms with E-state index in [-0.39, 0.29) is 0 Å². The monoisotopic (exact) mass is 238 g/mol. The summed E-state index contributed by atoms with van der Waals surface area (Å²) in [5, 5.41) is 0. The number of Topliss-reactive ketones (excluding diaryl/α,β-unsaturated/α-hetero) is 1. The van der Waals surface area contributed by atoms with Crippen molar-refractivity contribution in [2.75, 3.05) is 0 Å². The van der Waals surface area contributed by atoms with Gasteiger partial charge in [0, 0.05) is 6.42 Å². The first-order valence-corrected chi connectivity index (χ1v) is 7.78. The molecule has 1 aliphatic carbocycles. The molecule has 1 aliphatic rings. The molecule has 0 saturated heterocycles. The summed E-state index contributed by atoms with van der Waals surface area (Å²) in [6.45, 7) is 1.70. The van der Waals surface area contributed by atoms with Crippen molar-refractivity contribution in [2.24, 2.45) is 5.92 Å². The molecule has 0 radical (unpaired) electrons. The highest BCUT2D eigenvalue weighted by Crippen LogP contribution is 2.28.